The van der Waals surface area contributed by atoms with E-state index in [1.807, 2.05) is 50.4 Å². The van der Waals surface area contributed by atoms with E-state index in [4.69, 9.17) is 11.6 Å². The monoisotopic (exact) mass is 589 g/mol. The number of carbonyl (C=O) groups is 3. The van der Waals surface area contributed by atoms with E-state index < -0.39 is 46.7 Å². The van der Waals surface area contributed by atoms with Crippen LogP contribution in [-0.4, -0.2) is 68.5 Å². The average molecular weight is 590 g/mol. The maximum Gasteiger partial charge on any atom is 0.254 e. The van der Waals surface area contributed by atoms with Crippen LogP contribution in [0.2, 0.25) is 0 Å². The summed E-state index contributed by atoms with van der Waals surface area (Å²) in [4.78, 5) is 41.2. The number of nitrogens with one attached hydrogen (secondary N) is 2. The Morgan fingerprint density at radius 1 is 1.20 bits per heavy atom. The largest absolute Gasteiger partial charge is 0.508 e. The number of aliphatic hydroxyl groups excluding tert-OH is 1. The summed E-state index contributed by atoms with van der Waals surface area (Å²) in [6.07, 6.45) is -1.45. The van der Waals surface area contributed by atoms with E-state index >= 15 is 0 Å². The van der Waals surface area contributed by atoms with Gasteiger partial charge in [0, 0.05) is 34.0 Å². The summed E-state index contributed by atoms with van der Waals surface area (Å²) in [7, 11) is 0. The van der Waals surface area contributed by atoms with Gasteiger partial charge >= 0.3 is 0 Å². The fourth-order valence-corrected chi connectivity index (χ4v) is 5.95. The van der Waals surface area contributed by atoms with Crippen LogP contribution in [0.4, 0.5) is 4.39 Å². The predicted molar refractivity (Wildman–Crippen MR) is 153 cm³/mol. The Morgan fingerprint density at radius 2 is 1.93 bits per heavy atom. The lowest BCUT2D eigenvalue weighted by Crippen LogP contribution is -2.57. The molecule has 214 valence electrons. The molecule has 1 aliphatic rings. The lowest BCUT2D eigenvalue weighted by Gasteiger charge is -2.32. The van der Waals surface area contributed by atoms with E-state index in [-0.39, 0.29) is 42.2 Å². The molecule has 8 nitrogen and oxygen atoms in total. The average Bonchev–Trinajstić information content (AvgIpc) is 3.50. The van der Waals surface area contributed by atoms with Gasteiger partial charge in [-0.2, -0.15) is 0 Å². The maximum atomic E-state index is 14.0. The number of likely N-dealkylation sites (tertiary alicyclic amines) is 1. The van der Waals surface area contributed by atoms with Crippen molar-refractivity contribution in [1.82, 2.24) is 15.5 Å². The highest BCUT2D eigenvalue weighted by molar-refractivity contribution is 7.17. The first-order valence-corrected chi connectivity index (χ1v) is 14.3. The van der Waals surface area contributed by atoms with Crippen molar-refractivity contribution in [2.24, 2.45) is 0 Å². The second-order valence-electron chi connectivity index (χ2n) is 11.2. The van der Waals surface area contributed by atoms with Gasteiger partial charge in [-0.25, -0.2) is 4.39 Å². The number of carbonyl (C=O) groups excluding carboxylic acids is 3. The molecular weight excluding hydrogens is 557 g/mol. The molecule has 2 heterocycles. The number of nitrogens with zero attached hydrogens (tertiary/aromatic N) is 1. The van der Waals surface area contributed by atoms with Gasteiger partial charge in [0.1, 0.15) is 17.6 Å². The minimum absolute atomic E-state index is 0.0537. The number of fused-ring (bicyclic) bond motifs is 1. The molecule has 0 bridgehead atoms. The molecule has 0 aliphatic carbocycles. The van der Waals surface area contributed by atoms with Crippen LogP contribution in [0.5, 0.6) is 5.75 Å². The van der Waals surface area contributed by atoms with E-state index in [0.717, 1.165) is 27.8 Å². The van der Waals surface area contributed by atoms with Crippen LogP contribution < -0.4 is 10.6 Å². The molecule has 3 aromatic rings. The Balaban J connectivity index is 1.63. The number of hydrogen-bond acceptors (Lipinski definition) is 6. The number of aromatic hydroxyl groups is 1. The Kier molecular flexibility index (Phi) is 8.72. The molecule has 1 saturated heterocycles. The third-order valence-corrected chi connectivity index (χ3v) is 8.06. The molecule has 0 saturated carbocycles. The van der Waals surface area contributed by atoms with Gasteiger partial charge in [-0.1, -0.05) is 12.1 Å². The number of phenols is 1. The van der Waals surface area contributed by atoms with Crippen LogP contribution in [0.3, 0.4) is 0 Å². The molecule has 40 heavy (non-hydrogen) atoms. The highest BCUT2D eigenvalue weighted by Gasteiger charge is 2.43. The van der Waals surface area contributed by atoms with E-state index in [9.17, 15) is 29.0 Å². The smallest absolute Gasteiger partial charge is 0.254 e. The number of alkyl halides is 1. The summed E-state index contributed by atoms with van der Waals surface area (Å²) in [5, 5.41) is 29.4. The number of phenolic OH excluding ortho intramolecular Hbond substituents is 1. The normalized spacial score (nSPS) is 18.9. The van der Waals surface area contributed by atoms with Gasteiger partial charge in [0.15, 0.2) is 6.10 Å². The third-order valence-electron chi connectivity index (χ3n) is 6.85. The summed E-state index contributed by atoms with van der Waals surface area (Å²) in [6, 6.07) is 7.48. The molecule has 11 heteroatoms. The van der Waals surface area contributed by atoms with Crippen molar-refractivity contribution in [3.05, 3.63) is 64.3 Å². The molecule has 4 rings (SSSR count). The Morgan fingerprint density at radius 3 is 2.62 bits per heavy atom. The zero-order chi connectivity index (χ0) is 29.4. The van der Waals surface area contributed by atoms with Gasteiger partial charge in [0.2, 0.25) is 5.91 Å². The van der Waals surface area contributed by atoms with Crippen molar-refractivity contribution in [3.63, 3.8) is 0 Å². The second kappa shape index (κ2) is 11.7. The quantitative estimate of drug-likeness (QED) is 0.312. The number of benzene rings is 2. The van der Waals surface area contributed by atoms with E-state index in [2.05, 4.69) is 10.6 Å². The molecule has 3 amide bonds. The molecule has 4 N–H and O–H groups in total. The molecular formula is C29H33ClFN3O5S. The van der Waals surface area contributed by atoms with Gasteiger partial charge in [0.05, 0.1) is 11.4 Å². The highest BCUT2D eigenvalue weighted by Crippen LogP contribution is 2.27. The summed E-state index contributed by atoms with van der Waals surface area (Å²) in [5.41, 5.74) is 0.238. The predicted octanol–water partition coefficient (Wildman–Crippen LogP) is 3.88. The van der Waals surface area contributed by atoms with Crippen molar-refractivity contribution in [1.29, 1.82) is 0 Å². The van der Waals surface area contributed by atoms with E-state index in [1.165, 1.54) is 11.8 Å². The summed E-state index contributed by atoms with van der Waals surface area (Å²) < 4.78 is 15.1. The summed E-state index contributed by atoms with van der Waals surface area (Å²) in [5.74, 6) is -3.09. The minimum atomic E-state index is -1.74. The van der Waals surface area contributed by atoms with Gasteiger partial charge < -0.3 is 25.7 Å². The lowest BCUT2D eigenvalue weighted by molar-refractivity contribution is -0.146. The number of thiophene rings is 1. The highest BCUT2D eigenvalue weighted by atomic mass is 35.5. The lowest BCUT2D eigenvalue weighted by atomic mass is 9.98. The number of halogens is 2. The van der Waals surface area contributed by atoms with Gasteiger partial charge in [0.25, 0.3) is 11.8 Å². The topological polar surface area (TPSA) is 119 Å². The summed E-state index contributed by atoms with van der Waals surface area (Å²) in [6.45, 7) is 6.98. The molecule has 4 atom stereocenters. The van der Waals surface area contributed by atoms with Crippen LogP contribution in [0.15, 0.2) is 41.8 Å². The van der Waals surface area contributed by atoms with Crippen LogP contribution in [-0.2, 0) is 16.0 Å². The Labute approximate surface area is 241 Å². The third kappa shape index (κ3) is 6.74. The van der Waals surface area contributed by atoms with E-state index in [1.54, 1.807) is 11.3 Å². The first-order chi connectivity index (χ1) is 18.7. The fraction of sp³-hybridized carbons (Fsp3) is 0.414. The van der Waals surface area contributed by atoms with Crippen LogP contribution in [0, 0.1) is 12.7 Å². The second-order valence-corrected chi connectivity index (χ2v) is 12.8. The standard InChI is InChI=1S/C29H33ClFN3O5S/c1-15-20(12-19(31)13-23(15)35)26(37)32-21(10-16-5-6-24-17(9-16)7-8-40-24)25(36)28(39)34-14-18(30)11-22(34)27(38)33-29(2,3)4/h5-9,12-13,18,21-22,25,35-36H,10-11,14H2,1-4H3,(H,32,37)(H,33,38)/t18-,21-,22-,25-/m0/s1. The number of hydrogen-bond donors (Lipinski definition) is 4. The van der Waals surface area contributed by atoms with Crippen LogP contribution >= 0.6 is 22.9 Å². The van der Waals surface area contributed by atoms with Crippen molar-refractivity contribution in [2.75, 3.05) is 6.54 Å². The summed E-state index contributed by atoms with van der Waals surface area (Å²) >= 11 is 7.92. The molecule has 1 aliphatic heterocycles. The zero-order valence-electron chi connectivity index (χ0n) is 22.7. The Bertz CT molecular complexity index is 1440. The van der Waals surface area contributed by atoms with E-state index in [0.29, 0.717) is 0 Å². The molecule has 0 unspecified atom stereocenters. The molecule has 0 radical (unpaired) electrons. The van der Waals surface area contributed by atoms with Crippen LogP contribution in [0.1, 0.15) is 48.7 Å². The van der Waals surface area contributed by atoms with Crippen molar-refractivity contribution >= 4 is 50.7 Å². The van der Waals surface area contributed by atoms with Crippen molar-refractivity contribution < 1.29 is 29.0 Å². The van der Waals surface area contributed by atoms with Gasteiger partial charge in [-0.3, -0.25) is 14.4 Å². The Hall–Kier alpha value is -3.21. The molecule has 0 spiro atoms. The van der Waals surface area contributed by atoms with Gasteiger partial charge in [-0.15, -0.1) is 22.9 Å². The minimum Gasteiger partial charge on any atom is -0.508 e. The fourth-order valence-electron chi connectivity index (χ4n) is 4.86. The first-order valence-electron chi connectivity index (χ1n) is 12.9. The maximum absolute atomic E-state index is 14.0. The van der Waals surface area contributed by atoms with Gasteiger partial charge in [-0.05, 0) is 75.1 Å². The van der Waals surface area contributed by atoms with Crippen molar-refractivity contribution in [2.45, 2.75) is 69.6 Å². The number of rotatable bonds is 7. The molecule has 1 aromatic heterocycles. The molecule has 2 aromatic carbocycles. The molecule has 1 fully saturated rings. The zero-order valence-corrected chi connectivity index (χ0v) is 24.3. The SMILES string of the molecule is Cc1c(O)cc(F)cc1C(=O)N[C@@H](Cc1ccc2sccc2c1)[C@H](O)C(=O)N1C[C@@H](Cl)C[C@H]1C(=O)NC(C)(C)C. The number of aliphatic hydroxyl groups is 1. The number of amides is 3. The van der Waals surface area contributed by atoms with Crippen molar-refractivity contribution in [3.8, 4) is 5.75 Å². The first kappa shape index (κ1) is 29.8. The van der Waals surface area contributed by atoms with Crippen LogP contribution in [0.25, 0.3) is 10.1 Å².